The summed E-state index contributed by atoms with van der Waals surface area (Å²) in [6, 6.07) is 13.5. The summed E-state index contributed by atoms with van der Waals surface area (Å²) in [5, 5.41) is 12.1. The second-order valence-corrected chi connectivity index (χ2v) is 9.20. The number of anilines is 1. The number of aryl methyl sites for hydroxylation is 2. The van der Waals surface area contributed by atoms with Gasteiger partial charge in [-0.3, -0.25) is 29.5 Å². The number of nitrogens with zero attached hydrogens (tertiary/aromatic N) is 4. The number of nitro groups is 1. The Morgan fingerprint density at radius 1 is 1.00 bits per heavy atom. The average Bonchev–Trinajstić information content (AvgIpc) is 3.11. The maximum atomic E-state index is 13.5. The third-order valence-corrected chi connectivity index (χ3v) is 6.80. The lowest BCUT2D eigenvalue weighted by Gasteiger charge is -2.36. The molecule has 10 heteroatoms. The molecule has 2 amide bonds. The van der Waals surface area contributed by atoms with Crippen LogP contribution in [-0.2, 0) is 9.59 Å². The fourth-order valence-corrected chi connectivity index (χ4v) is 4.82. The van der Waals surface area contributed by atoms with Crippen LogP contribution in [0.1, 0.15) is 29.4 Å². The molecule has 2 heterocycles. The van der Waals surface area contributed by atoms with Crippen molar-refractivity contribution in [1.29, 1.82) is 0 Å². The smallest absolute Gasteiger partial charge is 0.274 e. The molecule has 0 N–H and O–H groups in total. The Morgan fingerprint density at radius 3 is 2.25 bits per heavy atom. The molecule has 0 spiro atoms. The summed E-state index contributed by atoms with van der Waals surface area (Å²) in [4.78, 5) is 40.5. The van der Waals surface area contributed by atoms with Crippen molar-refractivity contribution in [2.24, 2.45) is 0 Å². The molecular formula is C26H23ClN4O4S. The minimum atomic E-state index is -0.534. The van der Waals surface area contributed by atoms with Crippen molar-refractivity contribution in [3.05, 3.63) is 91.8 Å². The number of halogens is 1. The van der Waals surface area contributed by atoms with Gasteiger partial charge in [-0.25, -0.2) is 0 Å². The summed E-state index contributed by atoms with van der Waals surface area (Å²) >= 11 is 11.5. The molecule has 184 valence electrons. The van der Waals surface area contributed by atoms with Gasteiger partial charge in [0.25, 0.3) is 17.5 Å². The van der Waals surface area contributed by atoms with E-state index in [1.807, 2.05) is 24.5 Å². The molecule has 0 atom stereocenters. The number of rotatable bonds is 5. The van der Waals surface area contributed by atoms with Crippen LogP contribution < -0.4 is 4.90 Å². The lowest BCUT2D eigenvalue weighted by Crippen LogP contribution is -2.56. The number of benzene rings is 2. The van der Waals surface area contributed by atoms with Crippen LogP contribution in [0.2, 0.25) is 5.02 Å². The van der Waals surface area contributed by atoms with Crippen molar-refractivity contribution in [2.45, 2.75) is 27.7 Å². The van der Waals surface area contributed by atoms with Crippen molar-refractivity contribution in [2.75, 3.05) is 11.4 Å². The molecule has 36 heavy (non-hydrogen) atoms. The Bertz CT molecular complexity index is 1460. The topological polar surface area (TPSA) is 88.7 Å². The van der Waals surface area contributed by atoms with Gasteiger partial charge in [0, 0.05) is 34.6 Å². The number of amides is 2. The van der Waals surface area contributed by atoms with Gasteiger partial charge in [0.2, 0.25) is 0 Å². The lowest BCUT2D eigenvalue weighted by atomic mass is 10.1. The number of hydrogen-bond donors (Lipinski definition) is 0. The van der Waals surface area contributed by atoms with E-state index in [9.17, 15) is 19.7 Å². The summed E-state index contributed by atoms with van der Waals surface area (Å²) in [6.07, 6.45) is 1.56. The lowest BCUT2D eigenvalue weighted by molar-refractivity contribution is -0.385. The molecule has 8 nitrogen and oxygen atoms in total. The van der Waals surface area contributed by atoms with Crippen LogP contribution in [0.15, 0.2) is 54.1 Å². The predicted molar refractivity (Wildman–Crippen MR) is 144 cm³/mol. The van der Waals surface area contributed by atoms with Gasteiger partial charge in [-0.05, 0) is 88.0 Å². The summed E-state index contributed by atoms with van der Waals surface area (Å²) in [5.74, 6) is -1.01. The van der Waals surface area contributed by atoms with Crippen LogP contribution in [0, 0.1) is 30.9 Å². The molecule has 3 aromatic rings. The van der Waals surface area contributed by atoms with Crippen molar-refractivity contribution < 1.29 is 14.5 Å². The normalized spacial score (nSPS) is 15.2. The van der Waals surface area contributed by atoms with E-state index in [0.717, 1.165) is 11.4 Å². The molecule has 1 fully saturated rings. The average molecular weight is 523 g/mol. The number of carbonyl (C=O) groups excluding carboxylic acids is 2. The van der Waals surface area contributed by atoms with Gasteiger partial charge in [-0.2, -0.15) is 0 Å². The van der Waals surface area contributed by atoms with Gasteiger partial charge < -0.3 is 4.57 Å². The third kappa shape index (κ3) is 4.31. The van der Waals surface area contributed by atoms with E-state index in [1.165, 1.54) is 15.9 Å². The molecule has 2 aromatic carbocycles. The minimum Gasteiger partial charge on any atom is -0.318 e. The highest BCUT2D eigenvalue weighted by atomic mass is 35.5. The Morgan fingerprint density at radius 2 is 1.64 bits per heavy atom. The standard InChI is InChI=1S/C26H23ClN4O4S/c1-5-28-24(32)22(25(33)30(26(28)36)20-10-7-19(27)8-11-20)13-18-12-16(3)29(17(18)4)21-9-6-15(2)23(14-21)31(34)35/h6-14H,5H2,1-4H3/b22-13+. The first-order valence-electron chi connectivity index (χ1n) is 11.2. The fourth-order valence-electron chi connectivity index (χ4n) is 4.29. The Labute approximate surface area is 218 Å². The SMILES string of the molecule is CCN1C(=O)/C(=C\c2cc(C)n(-c3ccc(C)c([N+](=O)[O-])c3)c2C)C(=O)N(c2ccc(Cl)cc2)C1=S. The van der Waals surface area contributed by atoms with Crippen LogP contribution in [0.5, 0.6) is 0 Å². The first kappa shape index (κ1) is 25.3. The highest BCUT2D eigenvalue weighted by molar-refractivity contribution is 7.80. The molecule has 0 unspecified atom stereocenters. The number of thiocarbonyl (C=S) groups is 1. The van der Waals surface area contributed by atoms with Crippen LogP contribution in [0.3, 0.4) is 0 Å². The van der Waals surface area contributed by atoms with Crippen LogP contribution in [0.25, 0.3) is 11.8 Å². The quantitative estimate of drug-likeness (QED) is 0.144. The Balaban J connectivity index is 1.82. The van der Waals surface area contributed by atoms with Crippen LogP contribution in [-0.4, -0.2) is 37.9 Å². The minimum absolute atomic E-state index is 0.0169. The molecule has 1 aromatic heterocycles. The number of nitro benzene ring substituents is 1. The molecule has 1 aliphatic rings. The summed E-state index contributed by atoms with van der Waals surface area (Å²) < 4.78 is 1.86. The van der Waals surface area contributed by atoms with Crippen molar-refractivity contribution >= 4 is 58.2 Å². The third-order valence-electron chi connectivity index (χ3n) is 6.15. The van der Waals surface area contributed by atoms with Crippen molar-refractivity contribution in [3.63, 3.8) is 0 Å². The molecule has 1 saturated heterocycles. The van der Waals surface area contributed by atoms with E-state index in [-0.39, 0.29) is 16.4 Å². The summed E-state index contributed by atoms with van der Waals surface area (Å²) in [5.41, 5.74) is 3.84. The van der Waals surface area contributed by atoms with Gasteiger partial charge in [0.15, 0.2) is 5.11 Å². The zero-order valence-corrected chi connectivity index (χ0v) is 21.7. The van der Waals surface area contributed by atoms with E-state index in [2.05, 4.69) is 0 Å². The van der Waals surface area contributed by atoms with Gasteiger partial charge in [0.05, 0.1) is 16.3 Å². The molecular weight excluding hydrogens is 500 g/mol. The molecule has 0 radical (unpaired) electrons. The van der Waals surface area contributed by atoms with Gasteiger partial charge in [-0.1, -0.05) is 17.7 Å². The highest BCUT2D eigenvalue weighted by Gasteiger charge is 2.39. The van der Waals surface area contributed by atoms with Crippen LogP contribution >= 0.6 is 23.8 Å². The van der Waals surface area contributed by atoms with E-state index in [4.69, 9.17) is 23.8 Å². The highest BCUT2D eigenvalue weighted by Crippen LogP contribution is 2.30. The monoisotopic (exact) mass is 522 g/mol. The van der Waals surface area contributed by atoms with Gasteiger partial charge >= 0.3 is 0 Å². The molecule has 0 aliphatic carbocycles. The largest absolute Gasteiger partial charge is 0.318 e. The molecule has 1 aliphatic heterocycles. The van der Waals surface area contributed by atoms with E-state index in [0.29, 0.717) is 34.1 Å². The first-order chi connectivity index (χ1) is 17.0. The van der Waals surface area contributed by atoms with E-state index in [1.54, 1.807) is 56.3 Å². The van der Waals surface area contributed by atoms with E-state index < -0.39 is 16.7 Å². The summed E-state index contributed by atoms with van der Waals surface area (Å²) in [6.45, 7) is 7.46. The second-order valence-electron chi connectivity index (χ2n) is 8.40. The predicted octanol–water partition coefficient (Wildman–Crippen LogP) is 5.53. The Kier molecular flexibility index (Phi) is 6.79. The van der Waals surface area contributed by atoms with Gasteiger partial charge in [-0.15, -0.1) is 0 Å². The number of aromatic nitrogens is 1. The van der Waals surface area contributed by atoms with Crippen molar-refractivity contribution in [3.8, 4) is 5.69 Å². The van der Waals surface area contributed by atoms with Crippen molar-refractivity contribution in [1.82, 2.24) is 9.47 Å². The zero-order valence-electron chi connectivity index (χ0n) is 20.1. The summed E-state index contributed by atoms with van der Waals surface area (Å²) in [7, 11) is 0. The van der Waals surface area contributed by atoms with E-state index >= 15 is 0 Å². The first-order valence-corrected chi connectivity index (χ1v) is 12.0. The fraction of sp³-hybridized carbons (Fsp3) is 0.192. The molecule has 4 rings (SSSR count). The zero-order chi connectivity index (χ0) is 26.3. The molecule has 0 bridgehead atoms. The Hall–Kier alpha value is -3.82. The second kappa shape index (κ2) is 9.67. The maximum absolute atomic E-state index is 13.5. The molecule has 0 saturated carbocycles. The van der Waals surface area contributed by atoms with Gasteiger partial charge in [0.1, 0.15) is 5.57 Å². The number of likely N-dealkylation sites (N-methyl/N-ethyl adjacent to an activating group) is 1. The van der Waals surface area contributed by atoms with Crippen LogP contribution in [0.4, 0.5) is 11.4 Å². The number of carbonyl (C=O) groups is 2. The number of hydrogen-bond acceptors (Lipinski definition) is 5. The maximum Gasteiger partial charge on any atom is 0.274 e.